The molecule has 2 rings (SSSR count). The van der Waals surface area contributed by atoms with Gasteiger partial charge in [0.1, 0.15) is 11.6 Å². The van der Waals surface area contributed by atoms with Crippen LogP contribution >= 0.6 is 11.3 Å². The Hall–Kier alpha value is -1.33. The molecule has 1 N–H and O–H groups in total. The van der Waals surface area contributed by atoms with E-state index in [0.717, 1.165) is 11.1 Å². The fraction of sp³-hybridized carbons (Fsp3) is 0.250. The molecule has 0 fully saturated rings. The number of rotatable bonds is 4. The Labute approximate surface area is 102 Å². The Bertz CT molecular complexity index is 487. The third kappa shape index (κ3) is 3.31. The minimum Gasteiger partial charge on any atom is -0.392 e. The Morgan fingerprint density at radius 2 is 2.12 bits per heavy atom. The number of hydrogen-bond donors (Lipinski definition) is 1. The lowest BCUT2D eigenvalue weighted by Crippen LogP contribution is -2.14. The van der Waals surface area contributed by atoms with Gasteiger partial charge in [-0.25, -0.2) is 13.8 Å². The van der Waals surface area contributed by atoms with Gasteiger partial charge in [-0.1, -0.05) is 6.07 Å². The van der Waals surface area contributed by atoms with Crippen LogP contribution in [0.5, 0.6) is 0 Å². The van der Waals surface area contributed by atoms with E-state index in [1.807, 2.05) is 5.38 Å². The molecule has 0 amide bonds. The van der Waals surface area contributed by atoms with Crippen molar-refractivity contribution < 1.29 is 13.9 Å². The largest absolute Gasteiger partial charge is 0.392 e. The first-order valence-electron chi connectivity index (χ1n) is 5.15. The first kappa shape index (κ1) is 12.1. The molecule has 90 valence electrons. The van der Waals surface area contributed by atoms with Crippen molar-refractivity contribution in [1.29, 1.82) is 0 Å². The number of hydrogen-bond acceptors (Lipinski definition) is 3. The first-order chi connectivity index (χ1) is 8.15. The SMILES string of the molecule is OC(Cc1nccs1)Cc1ccc(F)cc1F. The van der Waals surface area contributed by atoms with Crippen LogP contribution in [0.15, 0.2) is 29.8 Å². The summed E-state index contributed by atoms with van der Waals surface area (Å²) in [5.41, 5.74) is 0.315. The van der Waals surface area contributed by atoms with Crippen LogP contribution < -0.4 is 0 Å². The first-order valence-corrected chi connectivity index (χ1v) is 6.03. The van der Waals surface area contributed by atoms with E-state index in [1.54, 1.807) is 6.20 Å². The highest BCUT2D eigenvalue weighted by Gasteiger charge is 2.12. The minimum absolute atomic E-state index is 0.158. The van der Waals surface area contributed by atoms with Gasteiger partial charge in [0.05, 0.1) is 11.1 Å². The monoisotopic (exact) mass is 255 g/mol. The number of aliphatic hydroxyl groups is 1. The number of aromatic nitrogens is 1. The standard InChI is InChI=1S/C12H11F2NOS/c13-9-2-1-8(11(14)6-9)5-10(16)7-12-15-3-4-17-12/h1-4,6,10,16H,5,7H2. The number of thiazole rings is 1. The van der Waals surface area contributed by atoms with E-state index in [0.29, 0.717) is 12.0 Å². The van der Waals surface area contributed by atoms with Gasteiger partial charge in [0.25, 0.3) is 0 Å². The van der Waals surface area contributed by atoms with Crippen LogP contribution in [-0.4, -0.2) is 16.2 Å². The predicted octanol–water partition coefficient (Wildman–Crippen LogP) is 2.57. The summed E-state index contributed by atoms with van der Waals surface area (Å²) in [4.78, 5) is 4.04. The van der Waals surface area contributed by atoms with Gasteiger partial charge in [-0.3, -0.25) is 0 Å². The number of aliphatic hydroxyl groups excluding tert-OH is 1. The maximum absolute atomic E-state index is 13.3. The molecule has 17 heavy (non-hydrogen) atoms. The molecular formula is C12H11F2NOS. The van der Waals surface area contributed by atoms with Gasteiger partial charge in [-0.2, -0.15) is 0 Å². The molecule has 0 saturated carbocycles. The summed E-state index contributed by atoms with van der Waals surface area (Å²) in [6.45, 7) is 0. The van der Waals surface area contributed by atoms with E-state index in [4.69, 9.17) is 0 Å². The van der Waals surface area contributed by atoms with Crippen LogP contribution in [0.25, 0.3) is 0 Å². The van der Waals surface area contributed by atoms with Crippen molar-refractivity contribution in [2.75, 3.05) is 0 Å². The number of halogens is 2. The zero-order chi connectivity index (χ0) is 12.3. The average Bonchev–Trinajstić information content (AvgIpc) is 2.75. The molecular weight excluding hydrogens is 244 g/mol. The van der Waals surface area contributed by atoms with Gasteiger partial charge in [0.15, 0.2) is 0 Å². The van der Waals surface area contributed by atoms with Gasteiger partial charge in [-0.15, -0.1) is 11.3 Å². The fourth-order valence-electron chi connectivity index (χ4n) is 1.57. The highest BCUT2D eigenvalue weighted by molar-refractivity contribution is 7.09. The average molecular weight is 255 g/mol. The molecule has 0 aliphatic heterocycles. The van der Waals surface area contributed by atoms with Crippen molar-refractivity contribution in [3.8, 4) is 0 Å². The second kappa shape index (κ2) is 5.33. The van der Waals surface area contributed by atoms with Crippen LogP contribution in [0.2, 0.25) is 0 Å². The van der Waals surface area contributed by atoms with Crippen LogP contribution in [-0.2, 0) is 12.8 Å². The van der Waals surface area contributed by atoms with E-state index in [1.165, 1.54) is 23.5 Å². The van der Waals surface area contributed by atoms with Crippen molar-refractivity contribution in [2.45, 2.75) is 18.9 Å². The molecule has 0 aliphatic rings. The smallest absolute Gasteiger partial charge is 0.129 e. The maximum Gasteiger partial charge on any atom is 0.129 e. The summed E-state index contributed by atoms with van der Waals surface area (Å²) in [7, 11) is 0. The molecule has 1 unspecified atom stereocenters. The van der Waals surface area contributed by atoms with Gasteiger partial charge < -0.3 is 5.11 Å². The second-order valence-electron chi connectivity index (χ2n) is 3.72. The summed E-state index contributed by atoms with van der Waals surface area (Å²) in [6.07, 6.45) is 1.49. The van der Waals surface area contributed by atoms with Crippen molar-refractivity contribution in [2.24, 2.45) is 0 Å². The Kier molecular flexibility index (Phi) is 3.81. The lowest BCUT2D eigenvalue weighted by Gasteiger charge is -2.09. The van der Waals surface area contributed by atoms with Gasteiger partial charge in [0.2, 0.25) is 0 Å². The van der Waals surface area contributed by atoms with E-state index in [9.17, 15) is 13.9 Å². The third-order valence-electron chi connectivity index (χ3n) is 2.36. The van der Waals surface area contributed by atoms with Crippen molar-refractivity contribution in [1.82, 2.24) is 4.98 Å². The highest BCUT2D eigenvalue weighted by Crippen LogP contribution is 2.14. The molecule has 2 aromatic rings. The summed E-state index contributed by atoms with van der Waals surface area (Å²) >= 11 is 1.44. The summed E-state index contributed by atoms with van der Waals surface area (Å²) in [5, 5.41) is 12.4. The Morgan fingerprint density at radius 3 is 2.76 bits per heavy atom. The van der Waals surface area contributed by atoms with Gasteiger partial charge >= 0.3 is 0 Å². The summed E-state index contributed by atoms with van der Waals surface area (Å²) < 4.78 is 26.0. The molecule has 1 aromatic carbocycles. The van der Waals surface area contributed by atoms with Crippen LogP contribution in [0.4, 0.5) is 8.78 Å². The van der Waals surface area contributed by atoms with Crippen LogP contribution in [0.3, 0.4) is 0 Å². The molecule has 0 aliphatic carbocycles. The zero-order valence-electron chi connectivity index (χ0n) is 8.94. The lowest BCUT2D eigenvalue weighted by molar-refractivity contribution is 0.174. The minimum atomic E-state index is -0.707. The maximum atomic E-state index is 13.3. The molecule has 0 radical (unpaired) electrons. The second-order valence-corrected chi connectivity index (χ2v) is 4.70. The summed E-state index contributed by atoms with van der Waals surface area (Å²) in [6, 6.07) is 3.37. The van der Waals surface area contributed by atoms with Crippen molar-refractivity contribution >= 4 is 11.3 Å². The number of benzene rings is 1. The molecule has 0 spiro atoms. The molecule has 2 nitrogen and oxygen atoms in total. The normalized spacial score (nSPS) is 12.6. The zero-order valence-corrected chi connectivity index (χ0v) is 9.75. The molecule has 1 heterocycles. The molecule has 1 aromatic heterocycles. The predicted molar refractivity (Wildman–Crippen MR) is 61.9 cm³/mol. The number of nitrogens with zero attached hydrogens (tertiary/aromatic N) is 1. The van der Waals surface area contributed by atoms with Crippen LogP contribution in [0.1, 0.15) is 10.6 Å². The van der Waals surface area contributed by atoms with E-state index in [-0.39, 0.29) is 6.42 Å². The molecule has 5 heteroatoms. The van der Waals surface area contributed by atoms with E-state index in [2.05, 4.69) is 4.98 Å². The quantitative estimate of drug-likeness (QED) is 0.910. The van der Waals surface area contributed by atoms with Crippen molar-refractivity contribution in [3.63, 3.8) is 0 Å². The van der Waals surface area contributed by atoms with Gasteiger partial charge in [0, 0.05) is 30.5 Å². The Balaban J connectivity index is 2.00. The highest BCUT2D eigenvalue weighted by atomic mass is 32.1. The fourth-order valence-corrected chi connectivity index (χ4v) is 2.26. The van der Waals surface area contributed by atoms with Gasteiger partial charge in [-0.05, 0) is 11.6 Å². The molecule has 1 atom stereocenters. The molecule has 0 saturated heterocycles. The van der Waals surface area contributed by atoms with Crippen molar-refractivity contribution in [3.05, 3.63) is 52.0 Å². The Morgan fingerprint density at radius 1 is 1.29 bits per heavy atom. The lowest BCUT2D eigenvalue weighted by atomic mass is 10.1. The van der Waals surface area contributed by atoms with Crippen LogP contribution in [0, 0.1) is 11.6 Å². The summed E-state index contributed by atoms with van der Waals surface area (Å²) in [5.74, 6) is -1.23. The van der Waals surface area contributed by atoms with E-state index < -0.39 is 17.7 Å². The van der Waals surface area contributed by atoms with E-state index >= 15 is 0 Å². The molecule has 0 bridgehead atoms. The topological polar surface area (TPSA) is 33.1 Å². The third-order valence-corrected chi connectivity index (χ3v) is 3.17.